The summed E-state index contributed by atoms with van der Waals surface area (Å²) in [6.45, 7) is 0. The van der Waals surface area contributed by atoms with Crippen LogP contribution in [0.4, 0.5) is 11.4 Å². The predicted molar refractivity (Wildman–Crippen MR) is 84.2 cm³/mol. The van der Waals surface area contributed by atoms with Gasteiger partial charge in [0.2, 0.25) is 5.91 Å². The molecule has 0 saturated heterocycles. The van der Waals surface area contributed by atoms with E-state index in [9.17, 15) is 9.59 Å². The molecule has 0 bridgehead atoms. The van der Waals surface area contributed by atoms with Gasteiger partial charge in [0, 0.05) is 0 Å². The topological polar surface area (TPSA) is 67.4 Å². The highest BCUT2D eigenvalue weighted by molar-refractivity contribution is 6.33. The minimum Gasteiger partial charge on any atom is -0.478 e. The van der Waals surface area contributed by atoms with Gasteiger partial charge >= 0.3 is 0 Å². The fourth-order valence-electron chi connectivity index (χ4n) is 2.16. The van der Waals surface area contributed by atoms with E-state index in [1.807, 2.05) is 0 Å². The molecule has 0 radical (unpaired) electrons. The average Bonchev–Trinajstić information content (AvgIpc) is 2.50. The summed E-state index contributed by atoms with van der Waals surface area (Å²) in [5, 5.41) is 5.83. The number of carbonyl (C=O) groups is 2. The third-order valence-electron chi connectivity index (χ3n) is 3.23. The van der Waals surface area contributed by atoms with Gasteiger partial charge in [0.15, 0.2) is 6.10 Å². The molecule has 112 valence electrons. The first-order chi connectivity index (χ1) is 10.6. The van der Waals surface area contributed by atoms with Crippen LogP contribution in [0.25, 0.3) is 0 Å². The van der Waals surface area contributed by atoms with Crippen molar-refractivity contribution in [2.24, 2.45) is 0 Å². The number of ether oxygens (including phenoxy) is 1. The molecule has 2 aromatic rings. The zero-order chi connectivity index (χ0) is 15.5. The molecule has 3 rings (SSSR count). The lowest BCUT2D eigenvalue weighted by molar-refractivity contribution is -0.128. The van der Waals surface area contributed by atoms with Crippen molar-refractivity contribution in [3.05, 3.63) is 53.6 Å². The van der Waals surface area contributed by atoms with Gasteiger partial charge in [-0.3, -0.25) is 9.59 Å². The Balaban J connectivity index is 1.67. The molecule has 2 aromatic carbocycles. The molecule has 1 unspecified atom stereocenters. The lowest BCUT2D eigenvalue weighted by Crippen LogP contribution is -2.39. The number of carbonyl (C=O) groups excluding carboxylic acids is 2. The Morgan fingerprint density at radius 2 is 1.91 bits per heavy atom. The second kappa shape index (κ2) is 6.07. The number of fused-ring (bicyclic) bond motifs is 1. The second-order valence-electron chi connectivity index (χ2n) is 4.82. The second-order valence-corrected chi connectivity index (χ2v) is 5.23. The van der Waals surface area contributed by atoms with Gasteiger partial charge in [0.05, 0.1) is 22.8 Å². The third-order valence-corrected chi connectivity index (χ3v) is 3.55. The first-order valence-corrected chi connectivity index (χ1v) is 7.12. The molecular weight excluding hydrogens is 304 g/mol. The van der Waals surface area contributed by atoms with E-state index in [-0.39, 0.29) is 18.2 Å². The molecular formula is C16H13ClN2O3. The molecule has 1 heterocycles. The number of halogens is 1. The molecule has 2 N–H and O–H groups in total. The highest BCUT2D eigenvalue weighted by atomic mass is 35.5. The summed E-state index contributed by atoms with van der Waals surface area (Å²) in [4.78, 5) is 24.0. The Kier molecular flexibility index (Phi) is 3.98. The van der Waals surface area contributed by atoms with Gasteiger partial charge in [-0.15, -0.1) is 0 Å². The number of hydrogen-bond donors (Lipinski definition) is 2. The SMILES string of the molecule is O=C(CC1Oc2ccccc2NC1=O)Nc1ccccc1Cl. The summed E-state index contributed by atoms with van der Waals surface area (Å²) < 4.78 is 5.58. The van der Waals surface area contributed by atoms with Crippen LogP contribution in [0.2, 0.25) is 5.02 Å². The van der Waals surface area contributed by atoms with Crippen molar-refractivity contribution < 1.29 is 14.3 Å². The standard InChI is InChI=1S/C16H13ClN2O3/c17-10-5-1-2-6-11(10)18-15(20)9-14-16(21)19-12-7-3-4-8-13(12)22-14/h1-8,14H,9H2,(H,18,20)(H,19,21). The van der Waals surface area contributed by atoms with E-state index < -0.39 is 6.10 Å². The zero-order valence-electron chi connectivity index (χ0n) is 11.5. The van der Waals surface area contributed by atoms with Crippen LogP contribution < -0.4 is 15.4 Å². The summed E-state index contributed by atoms with van der Waals surface area (Å²) in [6, 6.07) is 14.0. The van der Waals surface area contributed by atoms with Crippen LogP contribution in [-0.2, 0) is 9.59 Å². The quantitative estimate of drug-likeness (QED) is 0.914. The van der Waals surface area contributed by atoms with Crippen LogP contribution in [0.3, 0.4) is 0 Å². The lowest BCUT2D eigenvalue weighted by Gasteiger charge is -2.25. The molecule has 0 fully saturated rings. The van der Waals surface area contributed by atoms with Crippen LogP contribution in [0.5, 0.6) is 5.75 Å². The minimum absolute atomic E-state index is 0.0919. The average molecular weight is 317 g/mol. The maximum atomic E-state index is 12.1. The Morgan fingerprint density at radius 1 is 1.18 bits per heavy atom. The van der Waals surface area contributed by atoms with Crippen molar-refractivity contribution in [1.82, 2.24) is 0 Å². The Bertz CT molecular complexity index is 733. The lowest BCUT2D eigenvalue weighted by atomic mass is 10.1. The predicted octanol–water partition coefficient (Wildman–Crippen LogP) is 3.07. The van der Waals surface area contributed by atoms with Gasteiger partial charge < -0.3 is 15.4 Å². The minimum atomic E-state index is -0.864. The van der Waals surface area contributed by atoms with Crippen LogP contribution in [0.1, 0.15) is 6.42 Å². The van der Waals surface area contributed by atoms with E-state index in [1.54, 1.807) is 48.5 Å². The normalized spacial score (nSPS) is 16.2. The molecule has 0 saturated carbocycles. The highest BCUT2D eigenvalue weighted by Crippen LogP contribution is 2.29. The Morgan fingerprint density at radius 3 is 2.73 bits per heavy atom. The maximum Gasteiger partial charge on any atom is 0.266 e. The van der Waals surface area contributed by atoms with Crippen LogP contribution in [0.15, 0.2) is 48.5 Å². The number of anilines is 2. The first-order valence-electron chi connectivity index (χ1n) is 6.74. The monoisotopic (exact) mass is 316 g/mol. The molecule has 6 heteroatoms. The number of para-hydroxylation sites is 3. The van der Waals surface area contributed by atoms with E-state index in [1.165, 1.54) is 0 Å². The van der Waals surface area contributed by atoms with E-state index in [0.717, 1.165) is 0 Å². The van der Waals surface area contributed by atoms with E-state index in [0.29, 0.717) is 22.1 Å². The van der Waals surface area contributed by atoms with Gasteiger partial charge in [-0.1, -0.05) is 35.9 Å². The van der Waals surface area contributed by atoms with Crippen LogP contribution >= 0.6 is 11.6 Å². The molecule has 0 aliphatic carbocycles. The zero-order valence-corrected chi connectivity index (χ0v) is 12.3. The van der Waals surface area contributed by atoms with Crippen LogP contribution in [-0.4, -0.2) is 17.9 Å². The highest BCUT2D eigenvalue weighted by Gasteiger charge is 2.29. The Labute approximate surface area is 132 Å². The van der Waals surface area contributed by atoms with E-state index in [2.05, 4.69) is 10.6 Å². The number of amides is 2. The fourth-order valence-corrected chi connectivity index (χ4v) is 2.34. The molecule has 1 aliphatic rings. The number of benzene rings is 2. The van der Waals surface area contributed by atoms with Crippen molar-refractivity contribution in [2.45, 2.75) is 12.5 Å². The largest absolute Gasteiger partial charge is 0.478 e. The maximum absolute atomic E-state index is 12.1. The smallest absolute Gasteiger partial charge is 0.266 e. The van der Waals surface area contributed by atoms with Gasteiger partial charge in [-0.05, 0) is 24.3 Å². The van der Waals surface area contributed by atoms with Gasteiger partial charge in [0.25, 0.3) is 5.91 Å². The number of hydrogen-bond acceptors (Lipinski definition) is 3. The van der Waals surface area contributed by atoms with E-state index >= 15 is 0 Å². The molecule has 22 heavy (non-hydrogen) atoms. The molecule has 5 nitrogen and oxygen atoms in total. The Hall–Kier alpha value is -2.53. The summed E-state index contributed by atoms with van der Waals surface area (Å²) in [6.07, 6.45) is -0.955. The van der Waals surface area contributed by atoms with Crippen molar-refractivity contribution in [1.29, 1.82) is 0 Å². The summed E-state index contributed by atoms with van der Waals surface area (Å²) in [7, 11) is 0. The number of nitrogens with one attached hydrogen (secondary N) is 2. The first kappa shape index (κ1) is 14.4. The molecule has 0 spiro atoms. The molecule has 2 amide bonds. The van der Waals surface area contributed by atoms with Crippen molar-refractivity contribution in [3.8, 4) is 5.75 Å². The summed E-state index contributed by atoms with van der Waals surface area (Å²) >= 11 is 5.98. The molecule has 1 atom stereocenters. The van der Waals surface area contributed by atoms with Crippen LogP contribution in [0, 0.1) is 0 Å². The van der Waals surface area contributed by atoms with Crippen molar-refractivity contribution in [3.63, 3.8) is 0 Å². The fraction of sp³-hybridized carbons (Fsp3) is 0.125. The van der Waals surface area contributed by atoms with E-state index in [4.69, 9.17) is 16.3 Å². The van der Waals surface area contributed by atoms with Crippen molar-refractivity contribution >= 4 is 34.8 Å². The molecule has 0 aromatic heterocycles. The third kappa shape index (κ3) is 3.04. The molecule has 1 aliphatic heterocycles. The number of rotatable bonds is 3. The van der Waals surface area contributed by atoms with Crippen molar-refractivity contribution in [2.75, 3.05) is 10.6 Å². The van der Waals surface area contributed by atoms with Gasteiger partial charge in [0.1, 0.15) is 5.75 Å². The van der Waals surface area contributed by atoms with Gasteiger partial charge in [-0.25, -0.2) is 0 Å². The summed E-state index contributed by atoms with van der Waals surface area (Å²) in [5.41, 5.74) is 1.11. The van der Waals surface area contributed by atoms with Gasteiger partial charge in [-0.2, -0.15) is 0 Å². The summed E-state index contributed by atoms with van der Waals surface area (Å²) in [5.74, 6) is -0.127.